The highest BCUT2D eigenvalue weighted by molar-refractivity contribution is 5.96. The first kappa shape index (κ1) is 15.9. The molecule has 0 aromatic heterocycles. The number of carboxylic acid groups (broad SMARTS) is 1. The van der Waals surface area contributed by atoms with Gasteiger partial charge < -0.3 is 15.2 Å². The van der Waals surface area contributed by atoms with Crippen molar-refractivity contribution in [2.45, 2.75) is 50.2 Å². The average molecular weight is 321 g/mol. The molecule has 1 atom stereocenters. The highest BCUT2D eigenvalue weighted by Gasteiger charge is 2.40. The zero-order chi connectivity index (χ0) is 16.4. The molecular weight excluding hydrogens is 301 g/mol. The quantitative estimate of drug-likeness (QED) is 0.897. The van der Waals surface area contributed by atoms with Crippen LogP contribution in [0, 0.1) is 5.82 Å². The summed E-state index contributed by atoms with van der Waals surface area (Å²) in [4.78, 5) is 23.1. The molecule has 5 nitrogen and oxygen atoms in total. The number of aromatic carboxylic acids is 1. The molecule has 6 heteroatoms. The highest BCUT2D eigenvalue weighted by Crippen LogP contribution is 2.40. The molecule has 1 spiro atoms. The summed E-state index contributed by atoms with van der Waals surface area (Å²) in [6.45, 7) is 0.603. The van der Waals surface area contributed by atoms with E-state index in [0.29, 0.717) is 13.0 Å². The Hall–Kier alpha value is -1.95. The van der Waals surface area contributed by atoms with Crippen LogP contribution in [0.2, 0.25) is 0 Å². The minimum Gasteiger partial charge on any atom is -0.478 e. The van der Waals surface area contributed by atoms with Crippen molar-refractivity contribution in [1.29, 1.82) is 0 Å². The summed E-state index contributed by atoms with van der Waals surface area (Å²) in [6, 6.07) is 3.30. The summed E-state index contributed by atoms with van der Waals surface area (Å²) < 4.78 is 19.9. The van der Waals surface area contributed by atoms with Gasteiger partial charge in [-0.2, -0.15) is 0 Å². The molecule has 0 bridgehead atoms. The van der Waals surface area contributed by atoms with Crippen LogP contribution in [-0.2, 0) is 4.74 Å². The Morgan fingerprint density at radius 2 is 2.04 bits per heavy atom. The maximum atomic E-state index is 14.0. The van der Waals surface area contributed by atoms with Gasteiger partial charge in [0.15, 0.2) is 0 Å². The van der Waals surface area contributed by atoms with E-state index in [4.69, 9.17) is 9.84 Å². The molecule has 23 heavy (non-hydrogen) atoms. The van der Waals surface area contributed by atoms with E-state index < -0.39 is 17.7 Å². The van der Waals surface area contributed by atoms with Crippen LogP contribution in [0.1, 0.15) is 59.2 Å². The van der Waals surface area contributed by atoms with Crippen molar-refractivity contribution in [2.24, 2.45) is 0 Å². The minimum absolute atomic E-state index is 0.0344. The Bertz CT molecular complexity index is 625. The van der Waals surface area contributed by atoms with Crippen LogP contribution in [0.5, 0.6) is 0 Å². The molecule has 1 aromatic rings. The van der Waals surface area contributed by atoms with Gasteiger partial charge in [0.1, 0.15) is 5.82 Å². The van der Waals surface area contributed by atoms with Crippen LogP contribution < -0.4 is 5.32 Å². The summed E-state index contributed by atoms with van der Waals surface area (Å²) in [5.74, 6) is -2.53. The van der Waals surface area contributed by atoms with Crippen molar-refractivity contribution < 1.29 is 23.8 Å². The van der Waals surface area contributed by atoms with Crippen LogP contribution in [0.15, 0.2) is 18.2 Å². The number of carbonyl (C=O) groups is 2. The second-order valence-corrected chi connectivity index (χ2v) is 6.40. The van der Waals surface area contributed by atoms with Crippen LogP contribution >= 0.6 is 0 Å². The number of carbonyl (C=O) groups excluding carboxylic acids is 1. The van der Waals surface area contributed by atoms with Crippen molar-refractivity contribution in [1.82, 2.24) is 5.32 Å². The Morgan fingerprint density at radius 1 is 1.30 bits per heavy atom. The smallest absolute Gasteiger partial charge is 0.335 e. The number of rotatable bonds is 3. The largest absolute Gasteiger partial charge is 0.478 e. The Kier molecular flexibility index (Phi) is 4.35. The molecule has 1 saturated carbocycles. The number of nitrogens with one attached hydrogen (secondary N) is 1. The van der Waals surface area contributed by atoms with Crippen LogP contribution in [0.25, 0.3) is 0 Å². The van der Waals surface area contributed by atoms with Gasteiger partial charge in [0, 0.05) is 12.6 Å². The highest BCUT2D eigenvalue weighted by atomic mass is 19.1. The van der Waals surface area contributed by atoms with Crippen molar-refractivity contribution in [3.63, 3.8) is 0 Å². The van der Waals surface area contributed by atoms with E-state index in [2.05, 4.69) is 5.32 Å². The van der Waals surface area contributed by atoms with Crippen molar-refractivity contribution >= 4 is 11.9 Å². The van der Waals surface area contributed by atoms with E-state index in [-0.39, 0.29) is 22.8 Å². The topological polar surface area (TPSA) is 75.6 Å². The van der Waals surface area contributed by atoms with Gasteiger partial charge in [-0.15, -0.1) is 0 Å². The standard InChI is InChI=1S/C17H20FNO4/c18-14-9-11(16(21)22)3-4-13(14)15(20)19-12-5-8-23-17(10-12)6-1-2-7-17/h3-4,9,12H,1-2,5-8,10H2,(H,19,20)(H,21,22). The average Bonchev–Trinajstić information content (AvgIpc) is 2.94. The van der Waals surface area contributed by atoms with Gasteiger partial charge in [0.2, 0.25) is 0 Å². The number of ether oxygens (including phenoxy) is 1. The Labute approximate surface area is 133 Å². The lowest BCUT2D eigenvalue weighted by Crippen LogP contribution is -2.47. The third-order valence-electron chi connectivity index (χ3n) is 4.80. The first-order chi connectivity index (χ1) is 11.0. The lowest BCUT2D eigenvalue weighted by molar-refractivity contribution is -0.0823. The molecule has 124 valence electrons. The van der Waals surface area contributed by atoms with Gasteiger partial charge in [-0.1, -0.05) is 12.8 Å². The summed E-state index contributed by atoms with van der Waals surface area (Å²) in [7, 11) is 0. The fraction of sp³-hybridized carbons (Fsp3) is 0.529. The first-order valence-electron chi connectivity index (χ1n) is 7.97. The lowest BCUT2D eigenvalue weighted by atomic mass is 9.89. The molecule has 1 aromatic carbocycles. The molecule has 2 aliphatic rings. The van der Waals surface area contributed by atoms with Gasteiger partial charge in [-0.05, 0) is 43.9 Å². The Balaban J connectivity index is 1.68. The summed E-state index contributed by atoms with van der Waals surface area (Å²) >= 11 is 0. The monoisotopic (exact) mass is 321 g/mol. The first-order valence-corrected chi connectivity index (χ1v) is 7.97. The molecule has 1 amide bonds. The van der Waals surface area contributed by atoms with E-state index in [1.165, 1.54) is 12.1 Å². The van der Waals surface area contributed by atoms with Gasteiger partial charge in [0.05, 0.1) is 16.7 Å². The molecule has 1 aliphatic heterocycles. The second kappa shape index (κ2) is 6.28. The summed E-state index contributed by atoms with van der Waals surface area (Å²) in [6.07, 6.45) is 5.79. The van der Waals surface area contributed by atoms with Crippen molar-refractivity contribution in [3.8, 4) is 0 Å². The fourth-order valence-electron chi connectivity index (χ4n) is 3.61. The molecule has 3 rings (SSSR count). The second-order valence-electron chi connectivity index (χ2n) is 6.40. The van der Waals surface area contributed by atoms with Gasteiger partial charge in [-0.3, -0.25) is 4.79 Å². The maximum Gasteiger partial charge on any atom is 0.335 e. The van der Waals surface area contributed by atoms with Crippen LogP contribution in [0.3, 0.4) is 0 Å². The van der Waals surface area contributed by atoms with E-state index in [9.17, 15) is 14.0 Å². The van der Waals surface area contributed by atoms with Crippen molar-refractivity contribution in [2.75, 3.05) is 6.61 Å². The zero-order valence-electron chi connectivity index (χ0n) is 12.8. The molecular formula is C17H20FNO4. The van der Waals surface area contributed by atoms with Crippen molar-refractivity contribution in [3.05, 3.63) is 35.1 Å². The fourth-order valence-corrected chi connectivity index (χ4v) is 3.61. The number of halogens is 1. The molecule has 1 heterocycles. The maximum absolute atomic E-state index is 14.0. The lowest BCUT2D eigenvalue weighted by Gasteiger charge is -2.38. The third kappa shape index (κ3) is 3.37. The zero-order valence-corrected chi connectivity index (χ0v) is 12.8. The number of hydrogen-bond donors (Lipinski definition) is 2. The summed E-state index contributed by atoms with van der Waals surface area (Å²) in [5.41, 5.74) is -0.418. The number of benzene rings is 1. The number of hydrogen-bond acceptors (Lipinski definition) is 3. The summed E-state index contributed by atoms with van der Waals surface area (Å²) in [5, 5.41) is 11.7. The third-order valence-corrected chi connectivity index (χ3v) is 4.80. The van der Waals surface area contributed by atoms with Gasteiger partial charge >= 0.3 is 5.97 Å². The van der Waals surface area contributed by atoms with Gasteiger partial charge in [0.25, 0.3) is 5.91 Å². The molecule has 0 radical (unpaired) electrons. The SMILES string of the molecule is O=C(O)c1ccc(C(=O)NC2CCOC3(CCCC3)C2)c(F)c1. The Morgan fingerprint density at radius 3 is 2.70 bits per heavy atom. The van der Waals surface area contributed by atoms with E-state index in [1.807, 2.05) is 0 Å². The van der Waals surface area contributed by atoms with E-state index in [1.54, 1.807) is 0 Å². The minimum atomic E-state index is -1.22. The molecule has 1 saturated heterocycles. The van der Waals surface area contributed by atoms with E-state index >= 15 is 0 Å². The number of amides is 1. The number of carboxylic acids is 1. The molecule has 1 unspecified atom stereocenters. The predicted molar refractivity (Wildman–Crippen MR) is 81.0 cm³/mol. The van der Waals surface area contributed by atoms with E-state index in [0.717, 1.165) is 38.2 Å². The molecule has 1 aliphatic carbocycles. The molecule has 2 fully saturated rings. The van der Waals surface area contributed by atoms with Gasteiger partial charge in [-0.25, -0.2) is 9.18 Å². The molecule has 2 N–H and O–H groups in total. The van der Waals surface area contributed by atoms with Crippen LogP contribution in [0.4, 0.5) is 4.39 Å². The normalized spacial score (nSPS) is 22.9. The predicted octanol–water partition coefficient (Wildman–Crippen LogP) is 2.75. The van der Waals surface area contributed by atoms with Crippen LogP contribution in [-0.4, -0.2) is 35.2 Å².